The van der Waals surface area contributed by atoms with Gasteiger partial charge in [0.05, 0.1) is 38.2 Å². The van der Waals surface area contributed by atoms with Crippen LogP contribution in [-0.4, -0.2) is 71.5 Å². The smallest absolute Gasteiger partial charge is 0.308 e. The van der Waals surface area contributed by atoms with Crippen LogP contribution in [-0.2, 0) is 35.1 Å². The summed E-state index contributed by atoms with van der Waals surface area (Å²) in [5, 5.41) is 12.7. The van der Waals surface area contributed by atoms with Crippen molar-refractivity contribution in [3.8, 4) is 17.2 Å². The number of esters is 1. The molecule has 0 bridgehead atoms. The van der Waals surface area contributed by atoms with E-state index in [4.69, 9.17) is 14.2 Å². The van der Waals surface area contributed by atoms with E-state index in [9.17, 15) is 33.9 Å². The van der Waals surface area contributed by atoms with Crippen molar-refractivity contribution in [3.63, 3.8) is 0 Å². The van der Waals surface area contributed by atoms with Crippen LogP contribution in [0.4, 0.5) is 0 Å². The second kappa shape index (κ2) is 13.2. The number of methoxy groups -OCH3 is 2. The first-order chi connectivity index (χ1) is 19.4. The molecule has 1 aromatic heterocycles. The van der Waals surface area contributed by atoms with Gasteiger partial charge in [-0.1, -0.05) is 51.1 Å². The van der Waals surface area contributed by atoms with Crippen molar-refractivity contribution in [3.05, 3.63) is 47.8 Å². The molecule has 1 saturated carbocycles. The van der Waals surface area contributed by atoms with Gasteiger partial charge >= 0.3 is 5.97 Å². The van der Waals surface area contributed by atoms with Gasteiger partial charge in [0, 0.05) is 6.42 Å². The maximum atomic E-state index is 13.5. The van der Waals surface area contributed by atoms with Gasteiger partial charge in [0.15, 0.2) is 17.2 Å². The summed E-state index contributed by atoms with van der Waals surface area (Å²) in [6.07, 6.45) is -1.17. The number of rotatable bonds is 8. The summed E-state index contributed by atoms with van der Waals surface area (Å²) in [6, 6.07) is 6.91. The molecule has 1 aromatic carbocycles. The lowest BCUT2D eigenvalue weighted by Gasteiger charge is -2.29. The fourth-order valence-corrected chi connectivity index (χ4v) is 4.48. The Morgan fingerprint density at radius 3 is 2.27 bits per heavy atom. The summed E-state index contributed by atoms with van der Waals surface area (Å²) in [7, 11) is 2.51. The zero-order valence-electron chi connectivity index (χ0n) is 23.3. The quantitative estimate of drug-likeness (QED) is 0.350. The number of hydrogen-bond donors (Lipinski definition) is 2. The summed E-state index contributed by atoms with van der Waals surface area (Å²) in [5.41, 5.74) is 0.0783. The van der Waals surface area contributed by atoms with Gasteiger partial charge in [0.2, 0.25) is 28.9 Å². The van der Waals surface area contributed by atoms with E-state index in [2.05, 4.69) is 10.3 Å². The number of ketones is 4. The highest BCUT2D eigenvalue weighted by Gasteiger charge is 2.46. The number of nitrogens with one attached hydrogen (secondary N) is 1. The molecule has 12 nitrogen and oxygen atoms in total. The van der Waals surface area contributed by atoms with Crippen molar-refractivity contribution in [1.29, 1.82) is 0 Å². The zero-order valence-corrected chi connectivity index (χ0v) is 23.3. The third-order valence-electron chi connectivity index (χ3n) is 6.80. The van der Waals surface area contributed by atoms with Crippen molar-refractivity contribution in [2.45, 2.75) is 45.8 Å². The van der Waals surface area contributed by atoms with E-state index in [-0.39, 0.29) is 17.9 Å². The molecule has 3 rings (SSSR count). The molecule has 2 aromatic rings. The molecule has 12 heteroatoms. The molecule has 1 aliphatic carbocycles. The van der Waals surface area contributed by atoms with E-state index in [0.29, 0.717) is 5.56 Å². The van der Waals surface area contributed by atoms with Crippen LogP contribution in [0.25, 0.3) is 0 Å². The first-order valence-corrected chi connectivity index (χ1v) is 12.9. The van der Waals surface area contributed by atoms with Crippen molar-refractivity contribution in [1.82, 2.24) is 10.3 Å². The molecule has 0 saturated heterocycles. The van der Waals surface area contributed by atoms with Crippen LogP contribution in [0, 0.1) is 17.8 Å². The number of hydrogen-bond acceptors (Lipinski definition) is 11. The topological polar surface area (TPSA) is 175 Å². The largest absolute Gasteiger partial charge is 0.503 e. The van der Waals surface area contributed by atoms with E-state index >= 15 is 0 Å². The third kappa shape index (κ3) is 6.76. The lowest BCUT2D eigenvalue weighted by molar-refractivity contribution is -0.163. The molecule has 41 heavy (non-hydrogen) atoms. The maximum Gasteiger partial charge on any atom is 0.308 e. The number of aromatic hydroxyl groups is 1. The number of Topliss-reactive ketones (excluding diaryl/α,β-unsaturated/α-hetero) is 4. The molecule has 1 amide bonds. The Labute approximate surface area is 236 Å². The molecule has 0 spiro atoms. The first-order valence-electron chi connectivity index (χ1n) is 12.9. The van der Waals surface area contributed by atoms with E-state index in [1.807, 2.05) is 0 Å². The lowest BCUT2D eigenvalue weighted by Crippen LogP contribution is -2.47. The van der Waals surface area contributed by atoms with Crippen molar-refractivity contribution in [2.75, 3.05) is 14.2 Å². The Morgan fingerprint density at radius 2 is 1.68 bits per heavy atom. The molecule has 1 heterocycles. The van der Waals surface area contributed by atoms with Gasteiger partial charge in [-0.25, -0.2) is 4.98 Å². The number of ether oxygens (including phenoxy) is 3. The van der Waals surface area contributed by atoms with E-state index in [1.54, 1.807) is 44.2 Å². The molecule has 1 aliphatic rings. The molecule has 2 N–H and O–H groups in total. The second-order valence-corrected chi connectivity index (χ2v) is 9.94. The third-order valence-corrected chi connectivity index (χ3v) is 6.80. The highest BCUT2D eigenvalue weighted by Crippen LogP contribution is 2.37. The van der Waals surface area contributed by atoms with Gasteiger partial charge in [-0.15, -0.1) is 0 Å². The molecule has 0 radical (unpaired) electrons. The molecule has 218 valence electrons. The normalized spacial score (nSPS) is 21.5. The predicted octanol–water partition coefficient (Wildman–Crippen LogP) is 1.65. The van der Waals surface area contributed by atoms with Gasteiger partial charge < -0.3 is 24.6 Å². The van der Waals surface area contributed by atoms with Crippen LogP contribution < -0.4 is 14.8 Å². The second-order valence-electron chi connectivity index (χ2n) is 9.94. The number of pyridine rings is 1. The Balaban J connectivity index is 2.00. The molecular weight excluding hydrogens is 536 g/mol. The van der Waals surface area contributed by atoms with Gasteiger partial charge in [0.1, 0.15) is 12.1 Å². The zero-order chi connectivity index (χ0) is 30.4. The molecule has 0 unspecified atom stereocenters. The number of nitrogens with zero attached hydrogens (tertiary/aromatic N) is 1. The van der Waals surface area contributed by atoms with Crippen molar-refractivity contribution < 1.29 is 48.1 Å². The van der Waals surface area contributed by atoms with Gasteiger partial charge in [-0.05, 0) is 12.0 Å². The Hall–Kier alpha value is -4.61. The Morgan fingerprint density at radius 1 is 1.02 bits per heavy atom. The summed E-state index contributed by atoms with van der Waals surface area (Å²) >= 11 is 0. The van der Waals surface area contributed by atoms with Crippen LogP contribution in [0.15, 0.2) is 36.5 Å². The van der Waals surface area contributed by atoms with Crippen LogP contribution in [0.1, 0.15) is 43.2 Å². The Bertz CT molecular complexity index is 1350. The van der Waals surface area contributed by atoms with Gasteiger partial charge in [0.25, 0.3) is 5.91 Å². The number of benzene rings is 1. The Kier molecular flexibility index (Phi) is 9.93. The van der Waals surface area contributed by atoms with Crippen molar-refractivity contribution in [2.24, 2.45) is 17.8 Å². The predicted molar refractivity (Wildman–Crippen MR) is 142 cm³/mol. The fraction of sp³-hybridized carbons (Fsp3) is 0.414. The minimum Gasteiger partial charge on any atom is -0.503 e. The van der Waals surface area contributed by atoms with Crippen LogP contribution in [0.2, 0.25) is 0 Å². The van der Waals surface area contributed by atoms with E-state index in [1.165, 1.54) is 21.1 Å². The van der Waals surface area contributed by atoms with Gasteiger partial charge in [-0.3, -0.25) is 28.8 Å². The van der Waals surface area contributed by atoms with Crippen LogP contribution in [0.5, 0.6) is 17.2 Å². The first kappa shape index (κ1) is 30.9. The van der Waals surface area contributed by atoms with E-state index < -0.39 is 82.8 Å². The minimum absolute atomic E-state index is 0.0243. The highest BCUT2D eigenvalue weighted by atomic mass is 16.5. The van der Waals surface area contributed by atoms with Crippen LogP contribution in [0.3, 0.4) is 0 Å². The van der Waals surface area contributed by atoms with Gasteiger partial charge in [-0.2, -0.15) is 0 Å². The molecule has 4 atom stereocenters. The van der Waals surface area contributed by atoms with Crippen molar-refractivity contribution >= 4 is 35.0 Å². The lowest BCUT2D eigenvalue weighted by atomic mass is 9.81. The van der Waals surface area contributed by atoms with E-state index in [0.717, 1.165) is 6.20 Å². The molecule has 0 aliphatic heterocycles. The summed E-state index contributed by atoms with van der Waals surface area (Å²) < 4.78 is 15.7. The SMILES string of the molecule is COc1cnc(C(=O)N[C@H]2CC(=O)C(=O)[C@H](Cc3ccccc3)[C@H](OC(=O)C(C)C)[C@H](C)C(=O)C2=O)c(O)c1OC. The summed E-state index contributed by atoms with van der Waals surface area (Å²) in [4.78, 5) is 82.9. The number of amides is 1. The summed E-state index contributed by atoms with van der Waals surface area (Å²) in [5.74, 6) is -10.1. The summed E-state index contributed by atoms with van der Waals surface area (Å²) in [6.45, 7) is 4.47. The average Bonchev–Trinajstić information content (AvgIpc) is 2.97. The average molecular weight is 569 g/mol. The highest BCUT2D eigenvalue weighted by molar-refractivity contribution is 6.44. The number of carbonyl (C=O) groups excluding carboxylic acids is 6. The minimum atomic E-state index is -1.75. The fourth-order valence-electron chi connectivity index (χ4n) is 4.48. The maximum absolute atomic E-state index is 13.5. The molecular formula is C29H32N2O10. The monoisotopic (exact) mass is 568 g/mol. The number of carbonyl (C=O) groups is 6. The standard InChI is InChI=1S/C29H32N2O10/c1-14(2)29(38)41-26-15(3)22(33)24(35)18(12-19(32)23(34)17(26)11-16-9-7-6-8-10-16)31-28(37)21-25(36)27(40-5)20(39-4)13-30-21/h6-10,13-15,17-18,26,36H,11-12H2,1-5H3,(H,31,37)/t15-,17+,18+,26-/m1/s1. The molecule has 1 fully saturated rings. The van der Waals surface area contributed by atoms with Crippen LogP contribution >= 0.6 is 0 Å². The number of aromatic nitrogens is 1.